The summed E-state index contributed by atoms with van der Waals surface area (Å²) in [6, 6.07) is 0. The van der Waals surface area contributed by atoms with Gasteiger partial charge in [-0.2, -0.15) is 0 Å². The van der Waals surface area contributed by atoms with Gasteiger partial charge in [0.15, 0.2) is 0 Å². The van der Waals surface area contributed by atoms with Crippen LogP contribution in [0.5, 0.6) is 0 Å². The number of nitrogens with zero attached hydrogens (tertiary/aromatic N) is 1. The molecule has 0 aliphatic rings. The van der Waals surface area contributed by atoms with Crippen LogP contribution in [0.3, 0.4) is 0 Å². The molecule has 1 aromatic heterocycles. The molecular formula is C8H10N3OS. The standard InChI is InChI=1S/C8H10N3OS/c12-6-5-11-8(13)2-1-7-9-3-4-10-7/h3-4H,1-2,5H2,(H,9,10)(H,11,13). The van der Waals surface area contributed by atoms with Crippen molar-refractivity contribution in [1.29, 1.82) is 0 Å². The van der Waals surface area contributed by atoms with Gasteiger partial charge in [0.1, 0.15) is 5.82 Å². The monoisotopic (exact) mass is 196 g/mol. The second kappa shape index (κ2) is 5.42. The first kappa shape index (κ1) is 9.85. The van der Waals surface area contributed by atoms with Gasteiger partial charge in [0, 0.05) is 25.2 Å². The predicted molar refractivity (Wildman–Crippen MR) is 53.2 cm³/mol. The van der Waals surface area contributed by atoms with E-state index in [0.29, 0.717) is 11.4 Å². The van der Waals surface area contributed by atoms with E-state index in [0.717, 1.165) is 12.2 Å². The number of thiocarbonyl (C=S) groups is 1. The Kier molecular flexibility index (Phi) is 4.11. The van der Waals surface area contributed by atoms with Crippen molar-refractivity contribution in [2.45, 2.75) is 12.8 Å². The summed E-state index contributed by atoms with van der Waals surface area (Å²) in [7, 11) is 0. The molecule has 69 valence electrons. The molecule has 2 N–H and O–H groups in total. The third kappa shape index (κ3) is 3.80. The summed E-state index contributed by atoms with van der Waals surface area (Å²) >= 11 is 4.96. The van der Waals surface area contributed by atoms with Gasteiger partial charge in [-0.3, -0.25) is 4.79 Å². The fourth-order valence-electron chi connectivity index (χ4n) is 0.890. The minimum atomic E-state index is 0.164. The summed E-state index contributed by atoms with van der Waals surface area (Å²) in [6.07, 6.45) is 6.65. The summed E-state index contributed by atoms with van der Waals surface area (Å²) < 4.78 is 0. The average molecular weight is 196 g/mol. The van der Waals surface area contributed by atoms with Crippen LogP contribution >= 0.6 is 12.2 Å². The fraction of sp³-hybridized carbons (Fsp3) is 0.375. The number of nitrogens with one attached hydrogen (secondary N) is 2. The fourth-order valence-corrected chi connectivity index (χ4v) is 1.06. The minimum absolute atomic E-state index is 0.164. The molecule has 0 fully saturated rings. The van der Waals surface area contributed by atoms with Crippen molar-refractivity contribution in [3.63, 3.8) is 0 Å². The summed E-state index contributed by atoms with van der Waals surface area (Å²) in [5.41, 5.74) is 0. The van der Waals surface area contributed by atoms with Crippen molar-refractivity contribution in [3.8, 4) is 0 Å². The zero-order valence-corrected chi connectivity index (χ0v) is 7.86. The van der Waals surface area contributed by atoms with Crippen LogP contribution in [0.4, 0.5) is 0 Å². The highest BCUT2D eigenvalue weighted by atomic mass is 32.1. The second-order valence-electron chi connectivity index (χ2n) is 2.46. The lowest BCUT2D eigenvalue weighted by Crippen LogP contribution is -2.23. The molecule has 0 aliphatic carbocycles. The quantitative estimate of drug-likeness (QED) is 0.668. The number of hydrogen-bond donors (Lipinski definition) is 2. The van der Waals surface area contributed by atoms with Crippen molar-refractivity contribution in [2.24, 2.45) is 0 Å². The highest BCUT2D eigenvalue weighted by molar-refractivity contribution is 7.80. The highest BCUT2D eigenvalue weighted by Gasteiger charge is 1.98. The maximum atomic E-state index is 9.88. The van der Waals surface area contributed by atoms with Gasteiger partial charge in [-0.15, -0.1) is 0 Å². The lowest BCUT2D eigenvalue weighted by Gasteiger charge is -2.01. The van der Waals surface area contributed by atoms with Gasteiger partial charge < -0.3 is 10.3 Å². The van der Waals surface area contributed by atoms with Gasteiger partial charge in [0.2, 0.25) is 6.29 Å². The molecule has 1 aromatic rings. The zero-order valence-electron chi connectivity index (χ0n) is 7.04. The molecule has 1 heterocycles. The molecule has 0 aromatic carbocycles. The van der Waals surface area contributed by atoms with E-state index in [-0.39, 0.29) is 6.54 Å². The van der Waals surface area contributed by atoms with E-state index in [9.17, 15) is 4.79 Å². The molecule has 0 saturated carbocycles. The van der Waals surface area contributed by atoms with Crippen LogP contribution < -0.4 is 5.32 Å². The van der Waals surface area contributed by atoms with Gasteiger partial charge in [-0.25, -0.2) is 4.98 Å². The topological polar surface area (TPSA) is 57.8 Å². The summed E-state index contributed by atoms with van der Waals surface area (Å²) in [5, 5.41) is 2.76. The molecule has 1 radical (unpaired) electrons. The number of rotatable bonds is 5. The van der Waals surface area contributed by atoms with E-state index in [1.807, 2.05) is 0 Å². The summed E-state index contributed by atoms with van der Waals surface area (Å²) in [4.78, 5) is 17.6. The van der Waals surface area contributed by atoms with Crippen LogP contribution in [0.2, 0.25) is 0 Å². The first-order valence-corrected chi connectivity index (χ1v) is 4.33. The van der Waals surface area contributed by atoms with Crippen LogP contribution in [0.15, 0.2) is 12.4 Å². The third-order valence-corrected chi connectivity index (χ3v) is 1.85. The van der Waals surface area contributed by atoms with E-state index in [1.54, 1.807) is 18.7 Å². The number of aromatic amines is 1. The van der Waals surface area contributed by atoms with Crippen LogP contribution in [-0.2, 0) is 11.2 Å². The number of hydrogen-bond acceptors (Lipinski definition) is 3. The Labute approximate surface area is 81.8 Å². The molecule has 0 bridgehead atoms. The molecule has 0 atom stereocenters. The van der Waals surface area contributed by atoms with Crippen molar-refractivity contribution in [2.75, 3.05) is 6.54 Å². The SMILES string of the molecule is O=[C]CNC(=S)CCc1ncc[nH]1. The van der Waals surface area contributed by atoms with Crippen LogP contribution in [0.25, 0.3) is 0 Å². The van der Waals surface area contributed by atoms with E-state index in [1.165, 1.54) is 0 Å². The lowest BCUT2D eigenvalue weighted by molar-refractivity contribution is 0.554. The van der Waals surface area contributed by atoms with Crippen LogP contribution in [0, 0.1) is 0 Å². The van der Waals surface area contributed by atoms with E-state index in [4.69, 9.17) is 12.2 Å². The molecule has 4 nitrogen and oxygen atoms in total. The lowest BCUT2D eigenvalue weighted by atomic mass is 10.3. The largest absolute Gasteiger partial charge is 0.372 e. The number of imidazole rings is 1. The first-order chi connectivity index (χ1) is 6.33. The van der Waals surface area contributed by atoms with Gasteiger partial charge in [0.25, 0.3) is 0 Å². The summed E-state index contributed by atoms with van der Waals surface area (Å²) in [5.74, 6) is 0.902. The van der Waals surface area contributed by atoms with Gasteiger partial charge in [0.05, 0.1) is 11.5 Å². The van der Waals surface area contributed by atoms with E-state index < -0.39 is 0 Å². The minimum Gasteiger partial charge on any atom is -0.372 e. The number of carbonyl (C=O) groups excluding carboxylic acids is 1. The van der Waals surface area contributed by atoms with Crippen LogP contribution in [0.1, 0.15) is 12.2 Å². The molecule has 0 aliphatic heterocycles. The third-order valence-electron chi connectivity index (χ3n) is 1.50. The van der Waals surface area contributed by atoms with Crippen molar-refractivity contribution < 1.29 is 4.79 Å². The molecule has 0 saturated heterocycles. The molecule has 5 heteroatoms. The van der Waals surface area contributed by atoms with Gasteiger partial charge >= 0.3 is 0 Å². The van der Waals surface area contributed by atoms with Gasteiger partial charge in [-0.1, -0.05) is 12.2 Å². The summed E-state index contributed by atoms with van der Waals surface area (Å²) in [6.45, 7) is 0.164. The Bertz CT molecular complexity index is 271. The molecule has 1 rings (SSSR count). The Hall–Kier alpha value is -1.23. The van der Waals surface area contributed by atoms with Crippen molar-refractivity contribution in [1.82, 2.24) is 15.3 Å². The van der Waals surface area contributed by atoms with Gasteiger partial charge in [-0.05, 0) is 0 Å². The molecule has 0 spiro atoms. The van der Waals surface area contributed by atoms with E-state index in [2.05, 4.69) is 15.3 Å². The highest BCUT2D eigenvalue weighted by Crippen LogP contribution is 1.95. The Balaban J connectivity index is 2.19. The maximum Gasteiger partial charge on any atom is 0.219 e. The number of aryl methyl sites for hydroxylation is 1. The Morgan fingerprint density at radius 3 is 3.23 bits per heavy atom. The Morgan fingerprint density at radius 2 is 2.62 bits per heavy atom. The normalized spacial score (nSPS) is 9.54. The van der Waals surface area contributed by atoms with Crippen LogP contribution in [-0.4, -0.2) is 27.8 Å². The zero-order chi connectivity index (χ0) is 9.52. The molecule has 0 amide bonds. The second-order valence-corrected chi connectivity index (χ2v) is 2.95. The average Bonchev–Trinajstić information content (AvgIpc) is 2.64. The molecule has 0 unspecified atom stereocenters. The number of H-pyrrole nitrogens is 1. The number of aromatic nitrogens is 2. The Morgan fingerprint density at radius 1 is 1.77 bits per heavy atom. The maximum absolute atomic E-state index is 9.88. The smallest absolute Gasteiger partial charge is 0.219 e. The predicted octanol–water partition coefficient (Wildman–Crippen LogP) is 0.369. The van der Waals surface area contributed by atoms with Crippen molar-refractivity contribution >= 4 is 23.5 Å². The molecule has 13 heavy (non-hydrogen) atoms. The van der Waals surface area contributed by atoms with E-state index >= 15 is 0 Å². The first-order valence-electron chi connectivity index (χ1n) is 3.93. The molecular weight excluding hydrogens is 186 g/mol. The van der Waals surface area contributed by atoms with Crippen molar-refractivity contribution in [3.05, 3.63) is 18.2 Å².